The van der Waals surface area contributed by atoms with Crippen LogP contribution in [0.2, 0.25) is 0 Å². The smallest absolute Gasteiger partial charge is 0.149 e. The molecule has 1 atom stereocenters. The molecule has 18 heavy (non-hydrogen) atoms. The molecule has 5 nitrogen and oxygen atoms in total. The number of fused-ring (bicyclic) bond motifs is 1. The fourth-order valence-electron chi connectivity index (χ4n) is 2.36. The van der Waals surface area contributed by atoms with E-state index in [1.54, 1.807) is 6.20 Å². The summed E-state index contributed by atoms with van der Waals surface area (Å²) in [6.45, 7) is 3.99. The van der Waals surface area contributed by atoms with Gasteiger partial charge in [-0.2, -0.15) is 0 Å². The molecule has 0 radical (unpaired) electrons. The molecular formula is C13H17N5. The maximum Gasteiger partial charge on any atom is 0.149 e. The third kappa shape index (κ3) is 2.13. The van der Waals surface area contributed by atoms with Gasteiger partial charge >= 0.3 is 0 Å². The molecule has 0 aromatic carbocycles. The Morgan fingerprint density at radius 1 is 1.44 bits per heavy atom. The summed E-state index contributed by atoms with van der Waals surface area (Å²) in [5.74, 6) is 2.17. The molecule has 3 rings (SSSR count). The lowest BCUT2D eigenvalue weighted by molar-refractivity contribution is 0.515. The van der Waals surface area contributed by atoms with Gasteiger partial charge in [0.05, 0.1) is 6.04 Å². The molecule has 1 aliphatic heterocycles. The van der Waals surface area contributed by atoms with E-state index < -0.39 is 0 Å². The van der Waals surface area contributed by atoms with E-state index in [1.165, 1.54) is 12.0 Å². The van der Waals surface area contributed by atoms with Crippen LogP contribution in [0.3, 0.4) is 0 Å². The second kappa shape index (κ2) is 4.86. The quantitative estimate of drug-likeness (QED) is 0.883. The van der Waals surface area contributed by atoms with Gasteiger partial charge in [0.15, 0.2) is 0 Å². The summed E-state index contributed by atoms with van der Waals surface area (Å²) in [7, 11) is 0. The average molecular weight is 243 g/mol. The number of pyridine rings is 1. The molecule has 5 heteroatoms. The lowest BCUT2D eigenvalue weighted by Gasteiger charge is -2.13. The highest BCUT2D eigenvalue weighted by Gasteiger charge is 2.20. The van der Waals surface area contributed by atoms with Crippen molar-refractivity contribution in [2.24, 2.45) is 0 Å². The van der Waals surface area contributed by atoms with E-state index in [0.717, 1.165) is 31.2 Å². The summed E-state index contributed by atoms with van der Waals surface area (Å²) in [5, 5.41) is 12.0. The maximum absolute atomic E-state index is 4.28. The van der Waals surface area contributed by atoms with E-state index in [2.05, 4.69) is 38.1 Å². The molecule has 0 saturated carbocycles. The van der Waals surface area contributed by atoms with E-state index in [0.29, 0.717) is 0 Å². The van der Waals surface area contributed by atoms with Gasteiger partial charge in [0.25, 0.3) is 0 Å². The first-order chi connectivity index (χ1) is 8.84. The van der Waals surface area contributed by atoms with E-state index in [4.69, 9.17) is 0 Å². The Hall–Kier alpha value is -1.75. The van der Waals surface area contributed by atoms with Crippen molar-refractivity contribution in [3.8, 4) is 0 Å². The fourth-order valence-corrected chi connectivity index (χ4v) is 2.36. The Morgan fingerprint density at radius 3 is 3.22 bits per heavy atom. The number of nitrogens with one attached hydrogen (secondary N) is 1. The number of hydrogen-bond acceptors (Lipinski definition) is 4. The number of rotatable bonds is 4. The molecule has 0 fully saturated rings. The highest BCUT2D eigenvalue weighted by Crippen LogP contribution is 2.19. The summed E-state index contributed by atoms with van der Waals surface area (Å²) in [6, 6.07) is 4.24. The van der Waals surface area contributed by atoms with E-state index in [-0.39, 0.29) is 6.04 Å². The highest BCUT2D eigenvalue weighted by molar-refractivity contribution is 5.09. The minimum atomic E-state index is 0.213. The second-order valence-electron chi connectivity index (χ2n) is 4.69. The van der Waals surface area contributed by atoms with Crippen LogP contribution in [0.25, 0.3) is 0 Å². The monoisotopic (exact) mass is 243 g/mol. The molecule has 0 spiro atoms. The maximum atomic E-state index is 4.28. The van der Waals surface area contributed by atoms with E-state index in [9.17, 15) is 0 Å². The summed E-state index contributed by atoms with van der Waals surface area (Å²) in [4.78, 5) is 4.11. The van der Waals surface area contributed by atoms with Gasteiger partial charge < -0.3 is 9.88 Å². The Labute approximate surface area is 106 Å². The Morgan fingerprint density at radius 2 is 2.39 bits per heavy atom. The zero-order chi connectivity index (χ0) is 12.4. The van der Waals surface area contributed by atoms with E-state index in [1.807, 2.05) is 12.3 Å². The van der Waals surface area contributed by atoms with Crippen molar-refractivity contribution in [1.82, 2.24) is 25.1 Å². The molecule has 3 heterocycles. The van der Waals surface area contributed by atoms with Crippen LogP contribution in [0.15, 0.2) is 24.5 Å². The van der Waals surface area contributed by atoms with Crippen LogP contribution in [0.1, 0.15) is 36.6 Å². The van der Waals surface area contributed by atoms with Crippen LogP contribution in [0.4, 0.5) is 0 Å². The van der Waals surface area contributed by atoms with Gasteiger partial charge in [-0.15, -0.1) is 10.2 Å². The summed E-state index contributed by atoms with van der Waals surface area (Å²) < 4.78 is 2.24. The SMILES string of the molecule is CC(NCc1cccnc1)c1nnc2n1CCC2. The number of aryl methyl sites for hydroxylation is 1. The minimum absolute atomic E-state index is 0.213. The molecule has 0 aliphatic carbocycles. The molecule has 2 aromatic rings. The normalized spacial score (nSPS) is 15.6. The van der Waals surface area contributed by atoms with Gasteiger partial charge in [-0.3, -0.25) is 4.98 Å². The van der Waals surface area contributed by atoms with Crippen LogP contribution in [-0.4, -0.2) is 19.7 Å². The van der Waals surface area contributed by atoms with Gasteiger partial charge in [-0.05, 0) is 25.0 Å². The second-order valence-corrected chi connectivity index (χ2v) is 4.69. The first-order valence-electron chi connectivity index (χ1n) is 6.39. The van der Waals surface area contributed by atoms with E-state index >= 15 is 0 Å². The van der Waals surface area contributed by atoms with Crippen LogP contribution < -0.4 is 5.32 Å². The number of nitrogens with zero attached hydrogens (tertiary/aromatic N) is 4. The third-order valence-corrected chi connectivity index (χ3v) is 3.36. The fraction of sp³-hybridized carbons (Fsp3) is 0.462. The van der Waals surface area contributed by atoms with Crippen molar-refractivity contribution in [1.29, 1.82) is 0 Å². The minimum Gasteiger partial charge on any atom is -0.314 e. The summed E-state index contributed by atoms with van der Waals surface area (Å²) >= 11 is 0. The highest BCUT2D eigenvalue weighted by atomic mass is 15.3. The van der Waals surface area contributed by atoms with Crippen LogP contribution in [0.5, 0.6) is 0 Å². The molecule has 0 amide bonds. The van der Waals surface area contributed by atoms with Crippen molar-refractivity contribution < 1.29 is 0 Å². The zero-order valence-corrected chi connectivity index (χ0v) is 10.5. The molecule has 2 aromatic heterocycles. The van der Waals surface area contributed by atoms with Gasteiger partial charge in [0, 0.05) is 31.9 Å². The van der Waals surface area contributed by atoms with Crippen molar-refractivity contribution >= 4 is 0 Å². The lowest BCUT2D eigenvalue weighted by Crippen LogP contribution is -2.21. The average Bonchev–Trinajstić information content (AvgIpc) is 2.99. The van der Waals surface area contributed by atoms with Crippen molar-refractivity contribution in [2.75, 3.05) is 0 Å². The first-order valence-corrected chi connectivity index (χ1v) is 6.39. The Balaban J connectivity index is 1.66. The lowest BCUT2D eigenvalue weighted by atomic mass is 10.2. The topological polar surface area (TPSA) is 55.6 Å². The molecule has 1 aliphatic rings. The van der Waals surface area contributed by atoms with Crippen LogP contribution in [0, 0.1) is 0 Å². The van der Waals surface area contributed by atoms with Crippen molar-refractivity contribution in [3.05, 3.63) is 41.7 Å². The standard InChI is InChI=1S/C13H17N5/c1-10(15-9-11-4-2-6-14-8-11)13-17-16-12-5-3-7-18(12)13/h2,4,6,8,10,15H,3,5,7,9H2,1H3. The first kappa shape index (κ1) is 11.3. The third-order valence-electron chi connectivity index (χ3n) is 3.36. The van der Waals surface area contributed by atoms with Crippen LogP contribution >= 0.6 is 0 Å². The molecule has 94 valence electrons. The van der Waals surface area contributed by atoms with Gasteiger partial charge in [0.1, 0.15) is 11.6 Å². The summed E-state index contributed by atoms with van der Waals surface area (Å²) in [6.07, 6.45) is 5.92. The van der Waals surface area contributed by atoms with Gasteiger partial charge in [-0.25, -0.2) is 0 Å². The van der Waals surface area contributed by atoms with Crippen molar-refractivity contribution in [3.63, 3.8) is 0 Å². The molecule has 1 N–H and O–H groups in total. The predicted octanol–water partition coefficient (Wildman–Crippen LogP) is 1.47. The number of hydrogen-bond donors (Lipinski definition) is 1. The Kier molecular flexibility index (Phi) is 3.06. The van der Waals surface area contributed by atoms with Gasteiger partial charge in [-0.1, -0.05) is 6.07 Å². The van der Waals surface area contributed by atoms with Gasteiger partial charge in [0.2, 0.25) is 0 Å². The van der Waals surface area contributed by atoms with Crippen molar-refractivity contribution in [2.45, 2.75) is 38.9 Å². The molecule has 1 unspecified atom stereocenters. The molecule has 0 saturated heterocycles. The Bertz CT molecular complexity index is 519. The molecule has 0 bridgehead atoms. The summed E-state index contributed by atoms with van der Waals surface area (Å²) in [5.41, 5.74) is 1.19. The largest absolute Gasteiger partial charge is 0.314 e. The van der Waals surface area contributed by atoms with Crippen LogP contribution in [-0.2, 0) is 19.5 Å². The zero-order valence-electron chi connectivity index (χ0n) is 10.5. The number of aromatic nitrogens is 4. The molecular weight excluding hydrogens is 226 g/mol. The predicted molar refractivity (Wildman–Crippen MR) is 67.8 cm³/mol.